The predicted octanol–water partition coefficient (Wildman–Crippen LogP) is 1.59. The van der Waals surface area contributed by atoms with E-state index in [9.17, 15) is 18.0 Å². The number of hydrogen-bond acceptors (Lipinski definition) is 5. The van der Waals surface area contributed by atoms with Crippen molar-refractivity contribution in [3.63, 3.8) is 0 Å². The number of benzene rings is 2. The summed E-state index contributed by atoms with van der Waals surface area (Å²) >= 11 is 0. The first kappa shape index (κ1) is 22.8. The highest BCUT2D eigenvalue weighted by Crippen LogP contribution is 2.26. The molecular weight excluding hydrogens is 418 g/mol. The van der Waals surface area contributed by atoms with Crippen LogP contribution in [0, 0.1) is 6.92 Å². The maximum absolute atomic E-state index is 13.0. The molecule has 0 aliphatic carbocycles. The van der Waals surface area contributed by atoms with Crippen LogP contribution in [-0.2, 0) is 26.2 Å². The van der Waals surface area contributed by atoms with Gasteiger partial charge >= 0.3 is 11.8 Å². The molecule has 31 heavy (non-hydrogen) atoms. The molecule has 1 fully saturated rings. The number of hydrogen-bond donors (Lipinski definition) is 2. The van der Waals surface area contributed by atoms with E-state index in [1.165, 1.54) is 23.5 Å². The minimum absolute atomic E-state index is 0.0754. The number of methoxy groups -OCH3 is 1. The van der Waals surface area contributed by atoms with Gasteiger partial charge in [-0.3, -0.25) is 9.59 Å². The highest BCUT2D eigenvalue weighted by Gasteiger charge is 2.35. The van der Waals surface area contributed by atoms with E-state index in [1.807, 2.05) is 31.2 Å². The number of aryl methyl sites for hydroxylation is 1. The number of carbonyl (C=O) groups excluding carboxylic acids is 2. The minimum atomic E-state index is -3.71. The zero-order valence-corrected chi connectivity index (χ0v) is 18.4. The van der Waals surface area contributed by atoms with Crippen molar-refractivity contribution in [3.05, 3.63) is 59.7 Å². The third-order valence-corrected chi connectivity index (χ3v) is 7.36. The van der Waals surface area contributed by atoms with Gasteiger partial charge in [-0.1, -0.05) is 24.3 Å². The topological polar surface area (TPSA) is 105 Å². The summed E-state index contributed by atoms with van der Waals surface area (Å²) in [6.45, 7) is 2.63. The molecule has 0 bridgehead atoms. The molecule has 2 amide bonds. The van der Waals surface area contributed by atoms with Crippen molar-refractivity contribution in [2.45, 2.75) is 37.2 Å². The van der Waals surface area contributed by atoms with E-state index in [0.29, 0.717) is 25.1 Å². The Morgan fingerprint density at radius 3 is 2.42 bits per heavy atom. The van der Waals surface area contributed by atoms with Gasteiger partial charge < -0.3 is 15.4 Å². The van der Waals surface area contributed by atoms with Crippen LogP contribution in [0.5, 0.6) is 5.75 Å². The lowest BCUT2D eigenvalue weighted by Crippen LogP contribution is -2.46. The van der Waals surface area contributed by atoms with Gasteiger partial charge in [0.15, 0.2) is 0 Å². The molecule has 1 atom stereocenters. The average Bonchev–Trinajstić information content (AvgIpc) is 3.26. The molecule has 9 heteroatoms. The van der Waals surface area contributed by atoms with Crippen LogP contribution in [0.2, 0.25) is 0 Å². The summed E-state index contributed by atoms with van der Waals surface area (Å²) in [6, 6.07) is 13.4. The van der Waals surface area contributed by atoms with Crippen LogP contribution in [0.4, 0.5) is 0 Å². The third-order valence-electron chi connectivity index (χ3n) is 5.39. The van der Waals surface area contributed by atoms with E-state index in [-0.39, 0.29) is 18.0 Å². The van der Waals surface area contributed by atoms with Crippen molar-refractivity contribution >= 4 is 21.8 Å². The second kappa shape index (κ2) is 9.93. The first-order valence-electron chi connectivity index (χ1n) is 10.1. The maximum atomic E-state index is 13.0. The van der Waals surface area contributed by atoms with Gasteiger partial charge in [-0.15, -0.1) is 0 Å². The standard InChI is InChI=1S/C22H27N3O5S/c1-16-6-3-4-7-17(16)14-23-21(26)22(27)24-15-18-8-5-13-25(18)31(28,29)20-11-9-19(30-2)10-12-20/h3-4,6-7,9-12,18H,5,8,13-15H2,1-2H3,(H,23,26)(H,24,27)/t18-/m1/s1. The Labute approximate surface area is 182 Å². The molecule has 0 unspecified atom stereocenters. The summed E-state index contributed by atoms with van der Waals surface area (Å²) in [5.41, 5.74) is 1.95. The van der Waals surface area contributed by atoms with E-state index >= 15 is 0 Å². The molecule has 2 N–H and O–H groups in total. The largest absolute Gasteiger partial charge is 0.497 e. The van der Waals surface area contributed by atoms with Crippen molar-refractivity contribution < 1.29 is 22.7 Å². The summed E-state index contributed by atoms with van der Waals surface area (Å²) < 4.78 is 32.5. The van der Waals surface area contributed by atoms with Gasteiger partial charge in [0, 0.05) is 25.7 Å². The normalized spacial score (nSPS) is 16.6. The Bertz CT molecular complexity index is 1040. The quantitative estimate of drug-likeness (QED) is 0.630. The van der Waals surface area contributed by atoms with Crippen molar-refractivity contribution in [2.75, 3.05) is 20.2 Å². The van der Waals surface area contributed by atoms with Crippen LogP contribution >= 0.6 is 0 Å². The van der Waals surface area contributed by atoms with E-state index < -0.39 is 27.9 Å². The fourth-order valence-electron chi connectivity index (χ4n) is 3.57. The Balaban J connectivity index is 1.56. The van der Waals surface area contributed by atoms with Crippen molar-refractivity contribution in [1.29, 1.82) is 0 Å². The summed E-state index contributed by atoms with van der Waals surface area (Å²) in [5.74, 6) is -0.950. The zero-order valence-electron chi connectivity index (χ0n) is 17.6. The predicted molar refractivity (Wildman–Crippen MR) is 116 cm³/mol. The van der Waals surface area contributed by atoms with Gasteiger partial charge in [-0.25, -0.2) is 8.42 Å². The van der Waals surface area contributed by atoms with Gasteiger partial charge in [-0.2, -0.15) is 4.31 Å². The summed E-state index contributed by atoms with van der Waals surface area (Å²) in [6.07, 6.45) is 1.30. The number of rotatable bonds is 7. The highest BCUT2D eigenvalue weighted by molar-refractivity contribution is 7.89. The van der Waals surface area contributed by atoms with Crippen molar-refractivity contribution in [2.24, 2.45) is 0 Å². The number of ether oxygens (including phenoxy) is 1. The summed E-state index contributed by atoms with van der Waals surface area (Å²) in [7, 11) is -2.19. The molecule has 3 rings (SSSR count). The molecule has 0 aromatic heterocycles. The van der Waals surface area contributed by atoms with E-state index in [0.717, 1.165) is 11.1 Å². The zero-order chi connectivity index (χ0) is 22.4. The fraction of sp³-hybridized carbons (Fsp3) is 0.364. The second-order valence-electron chi connectivity index (χ2n) is 7.41. The van der Waals surface area contributed by atoms with Crippen LogP contribution in [0.1, 0.15) is 24.0 Å². The van der Waals surface area contributed by atoms with Crippen molar-refractivity contribution in [1.82, 2.24) is 14.9 Å². The molecule has 0 radical (unpaired) electrons. The monoisotopic (exact) mass is 445 g/mol. The number of sulfonamides is 1. The lowest BCUT2D eigenvalue weighted by Gasteiger charge is -2.24. The smallest absolute Gasteiger partial charge is 0.309 e. The molecule has 1 aliphatic rings. The van der Waals surface area contributed by atoms with Gasteiger partial charge in [-0.05, 0) is 55.2 Å². The lowest BCUT2D eigenvalue weighted by atomic mass is 10.1. The molecule has 8 nitrogen and oxygen atoms in total. The third kappa shape index (κ3) is 5.42. The van der Waals surface area contributed by atoms with Gasteiger partial charge in [0.1, 0.15) is 5.75 Å². The first-order chi connectivity index (χ1) is 14.8. The number of nitrogens with one attached hydrogen (secondary N) is 2. The second-order valence-corrected chi connectivity index (χ2v) is 9.30. The maximum Gasteiger partial charge on any atom is 0.309 e. The number of nitrogens with zero attached hydrogens (tertiary/aromatic N) is 1. The molecule has 1 heterocycles. The molecule has 1 aliphatic heterocycles. The summed E-state index contributed by atoms with van der Waals surface area (Å²) in [4.78, 5) is 24.5. The molecule has 0 spiro atoms. The van der Waals surface area contributed by atoms with Crippen LogP contribution in [-0.4, -0.2) is 50.8 Å². The minimum Gasteiger partial charge on any atom is -0.497 e. The Kier molecular flexibility index (Phi) is 7.29. The summed E-state index contributed by atoms with van der Waals surface area (Å²) in [5, 5.41) is 5.17. The molecule has 2 aromatic rings. The fourth-order valence-corrected chi connectivity index (χ4v) is 5.26. The molecule has 1 saturated heterocycles. The molecule has 166 valence electrons. The van der Waals surface area contributed by atoms with Crippen LogP contribution in [0.25, 0.3) is 0 Å². The molecule has 2 aromatic carbocycles. The highest BCUT2D eigenvalue weighted by atomic mass is 32.2. The first-order valence-corrected chi connectivity index (χ1v) is 11.5. The number of carbonyl (C=O) groups is 2. The van der Waals surface area contributed by atoms with E-state index in [1.54, 1.807) is 12.1 Å². The van der Waals surface area contributed by atoms with E-state index in [2.05, 4.69) is 10.6 Å². The van der Waals surface area contributed by atoms with Crippen LogP contribution in [0.3, 0.4) is 0 Å². The lowest BCUT2D eigenvalue weighted by molar-refractivity contribution is -0.139. The Hall–Kier alpha value is -2.91. The van der Waals surface area contributed by atoms with Crippen LogP contribution in [0.15, 0.2) is 53.4 Å². The Morgan fingerprint density at radius 1 is 1.06 bits per heavy atom. The van der Waals surface area contributed by atoms with Gasteiger partial charge in [0.05, 0.1) is 12.0 Å². The molecular formula is C22H27N3O5S. The Morgan fingerprint density at radius 2 is 1.74 bits per heavy atom. The molecule has 0 saturated carbocycles. The average molecular weight is 446 g/mol. The SMILES string of the molecule is COc1ccc(S(=O)(=O)N2CCC[C@@H]2CNC(=O)C(=O)NCc2ccccc2C)cc1. The van der Waals surface area contributed by atoms with Gasteiger partial charge in [0.25, 0.3) is 0 Å². The van der Waals surface area contributed by atoms with Gasteiger partial charge in [0.2, 0.25) is 10.0 Å². The van der Waals surface area contributed by atoms with Crippen LogP contribution < -0.4 is 15.4 Å². The number of amides is 2. The van der Waals surface area contributed by atoms with E-state index in [4.69, 9.17) is 4.74 Å². The van der Waals surface area contributed by atoms with Crippen molar-refractivity contribution in [3.8, 4) is 5.75 Å².